The van der Waals surface area contributed by atoms with Crippen LogP contribution in [-0.2, 0) is 6.61 Å². The molecule has 0 bridgehead atoms. The first kappa shape index (κ1) is 21.3. The number of aromatic nitrogens is 2. The smallest absolute Gasteiger partial charge is 0.324 e. The van der Waals surface area contributed by atoms with Crippen LogP contribution in [-0.4, -0.2) is 21.1 Å². The Kier molecular flexibility index (Phi) is 6.33. The summed E-state index contributed by atoms with van der Waals surface area (Å²) in [6.45, 7) is 2.07. The number of halogens is 1. The standard InChI is InChI=1S/C25H22ClN5O/c1-17(27)29-25(28)23(14-18-5-9-20(26)10-6-18)19-7-11-22(12-8-19)32-16-21-15-31-13-3-2-4-24(31)30-21/h2-15H,16H2,1H3,(H3,27,28,29)/p+1/b23-14+. The van der Waals surface area contributed by atoms with Crippen molar-refractivity contribution in [3.63, 3.8) is 0 Å². The lowest BCUT2D eigenvalue weighted by Crippen LogP contribution is -2.40. The third-order valence-electron chi connectivity index (χ3n) is 4.72. The second-order valence-electron chi connectivity index (χ2n) is 7.26. The van der Waals surface area contributed by atoms with Crippen molar-refractivity contribution in [2.45, 2.75) is 13.5 Å². The van der Waals surface area contributed by atoms with Gasteiger partial charge in [0.05, 0.1) is 11.3 Å². The predicted octanol–water partition coefficient (Wildman–Crippen LogP) is 3.64. The Bertz CT molecular complexity index is 1270. The molecule has 4 rings (SSSR count). The van der Waals surface area contributed by atoms with Gasteiger partial charge in [0, 0.05) is 24.3 Å². The van der Waals surface area contributed by atoms with Gasteiger partial charge in [-0.05, 0) is 58.6 Å². The highest BCUT2D eigenvalue weighted by Crippen LogP contribution is 2.23. The van der Waals surface area contributed by atoms with E-state index in [1.807, 2.05) is 89.6 Å². The lowest BCUT2D eigenvalue weighted by Gasteiger charge is -2.07. The van der Waals surface area contributed by atoms with Crippen molar-refractivity contribution in [2.24, 2.45) is 10.7 Å². The number of rotatable bonds is 6. The largest absolute Gasteiger partial charge is 0.487 e. The molecule has 2 heterocycles. The van der Waals surface area contributed by atoms with Crippen molar-refractivity contribution in [1.82, 2.24) is 9.38 Å². The number of pyridine rings is 1. The summed E-state index contributed by atoms with van der Waals surface area (Å²) >= 11 is 6.00. The molecule has 0 aliphatic rings. The molecule has 4 N–H and O–H groups in total. The minimum Gasteiger partial charge on any atom is -0.487 e. The van der Waals surface area contributed by atoms with Crippen molar-refractivity contribution >= 4 is 40.6 Å². The Morgan fingerprint density at radius 1 is 1.12 bits per heavy atom. The van der Waals surface area contributed by atoms with Gasteiger partial charge in [-0.2, -0.15) is 0 Å². The summed E-state index contributed by atoms with van der Waals surface area (Å²) in [7, 11) is 0. The Morgan fingerprint density at radius 3 is 2.56 bits per heavy atom. The average Bonchev–Trinajstić information content (AvgIpc) is 3.20. The highest BCUT2D eigenvalue weighted by Gasteiger charge is 2.15. The zero-order chi connectivity index (χ0) is 22.5. The molecule has 0 radical (unpaired) electrons. The van der Waals surface area contributed by atoms with E-state index in [0.29, 0.717) is 23.3 Å². The zero-order valence-electron chi connectivity index (χ0n) is 17.6. The van der Waals surface area contributed by atoms with E-state index in [1.54, 1.807) is 6.92 Å². The van der Waals surface area contributed by atoms with Crippen molar-refractivity contribution < 1.29 is 10.1 Å². The summed E-state index contributed by atoms with van der Waals surface area (Å²) in [5.74, 6) is 1.45. The van der Waals surface area contributed by atoms with E-state index in [9.17, 15) is 0 Å². The minimum atomic E-state index is 0.332. The van der Waals surface area contributed by atoms with Crippen LogP contribution in [0, 0.1) is 0 Å². The maximum atomic E-state index is 6.25. The van der Waals surface area contributed by atoms with Gasteiger partial charge in [-0.3, -0.25) is 5.41 Å². The van der Waals surface area contributed by atoms with Crippen LogP contribution in [0.25, 0.3) is 17.3 Å². The zero-order valence-corrected chi connectivity index (χ0v) is 18.3. The van der Waals surface area contributed by atoms with Crippen LogP contribution in [0.3, 0.4) is 0 Å². The molecule has 0 atom stereocenters. The number of ether oxygens (including phenoxy) is 1. The Morgan fingerprint density at radius 2 is 1.88 bits per heavy atom. The molecule has 0 amide bonds. The number of benzene rings is 2. The molecule has 7 heteroatoms. The molecule has 0 saturated heterocycles. The number of hydrogen-bond donors (Lipinski definition) is 2. The van der Waals surface area contributed by atoms with Gasteiger partial charge in [-0.1, -0.05) is 41.9 Å². The Balaban J connectivity index is 1.54. The van der Waals surface area contributed by atoms with Crippen LogP contribution in [0.2, 0.25) is 5.02 Å². The second-order valence-corrected chi connectivity index (χ2v) is 7.70. The van der Waals surface area contributed by atoms with Crippen molar-refractivity contribution in [1.29, 1.82) is 0 Å². The number of imidazole rings is 1. The third-order valence-corrected chi connectivity index (χ3v) is 4.97. The summed E-state index contributed by atoms with van der Waals surface area (Å²) < 4.78 is 7.88. The maximum absolute atomic E-state index is 6.25. The molecule has 0 fully saturated rings. The molecule has 160 valence electrons. The highest BCUT2D eigenvalue weighted by molar-refractivity contribution is 6.30. The predicted molar refractivity (Wildman–Crippen MR) is 130 cm³/mol. The number of nitrogens with two attached hydrogens (primary N) is 2. The lowest BCUT2D eigenvalue weighted by molar-refractivity contribution is -0.112. The summed E-state index contributed by atoms with van der Waals surface area (Å²) in [6.07, 6.45) is 5.87. The van der Waals surface area contributed by atoms with Crippen LogP contribution >= 0.6 is 11.6 Å². The fourth-order valence-electron chi connectivity index (χ4n) is 3.23. The van der Waals surface area contributed by atoms with Gasteiger partial charge in [-0.25, -0.2) is 4.98 Å². The first-order valence-electron chi connectivity index (χ1n) is 10.0. The van der Waals surface area contributed by atoms with Crippen molar-refractivity contribution in [3.05, 3.63) is 101 Å². The molecule has 0 saturated carbocycles. The summed E-state index contributed by atoms with van der Waals surface area (Å²) in [4.78, 5) is 8.79. The van der Waals surface area contributed by atoms with E-state index >= 15 is 0 Å². The van der Waals surface area contributed by atoms with E-state index < -0.39 is 0 Å². The Labute approximate surface area is 191 Å². The lowest BCUT2D eigenvalue weighted by atomic mass is 10.0. The van der Waals surface area contributed by atoms with E-state index in [0.717, 1.165) is 33.8 Å². The molecule has 0 aliphatic carbocycles. The molecule has 4 aromatic rings. The average molecular weight is 445 g/mol. The highest BCUT2D eigenvalue weighted by atomic mass is 35.5. The normalized spacial score (nSPS) is 12.2. The van der Waals surface area contributed by atoms with Crippen LogP contribution in [0.15, 0.2) is 84.1 Å². The van der Waals surface area contributed by atoms with Crippen LogP contribution < -0.4 is 15.9 Å². The van der Waals surface area contributed by atoms with E-state index in [-0.39, 0.29) is 0 Å². The van der Waals surface area contributed by atoms with Gasteiger partial charge in [0.2, 0.25) is 5.84 Å². The summed E-state index contributed by atoms with van der Waals surface area (Å²) in [6, 6.07) is 21.0. The molecule has 0 aliphatic heterocycles. The topological polar surface area (TPSA) is 90.5 Å². The van der Waals surface area contributed by atoms with Gasteiger partial charge < -0.3 is 14.9 Å². The van der Waals surface area contributed by atoms with Crippen molar-refractivity contribution in [3.8, 4) is 5.75 Å². The molecule has 32 heavy (non-hydrogen) atoms. The fraction of sp³-hybridized carbons (Fsp3) is 0.0800. The maximum Gasteiger partial charge on any atom is 0.324 e. The fourth-order valence-corrected chi connectivity index (χ4v) is 3.35. The molecule has 0 unspecified atom stereocenters. The van der Waals surface area contributed by atoms with Crippen molar-refractivity contribution in [2.75, 3.05) is 0 Å². The molecule has 2 aromatic heterocycles. The minimum absolute atomic E-state index is 0.332. The molecular weight excluding hydrogens is 422 g/mol. The molecule has 6 nitrogen and oxygen atoms in total. The van der Waals surface area contributed by atoms with Gasteiger partial charge in [0.1, 0.15) is 18.0 Å². The number of hydrogen-bond acceptors (Lipinski definition) is 2. The van der Waals surface area contributed by atoms with Crippen LogP contribution in [0.1, 0.15) is 23.7 Å². The number of fused-ring (bicyclic) bond motifs is 1. The summed E-state index contributed by atoms with van der Waals surface area (Å²) in [5, 5.41) is 6.92. The number of nitrogens with zero attached hydrogens (tertiary/aromatic N) is 3. The van der Waals surface area contributed by atoms with Gasteiger partial charge in [0.15, 0.2) is 0 Å². The molecule has 2 aromatic carbocycles. The van der Waals surface area contributed by atoms with E-state index in [2.05, 4.69) is 9.98 Å². The molecular formula is C25H23ClN5O+. The third kappa shape index (κ3) is 5.22. The second kappa shape index (κ2) is 9.49. The van der Waals surface area contributed by atoms with Gasteiger partial charge >= 0.3 is 5.84 Å². The van der Waals surface area contributed by atoms with Crippen LogP contribution in [0.5, 0.6) is 5.75 Å². The quantitative estimate of drug-likeness (QED) is 0.270. The first-order chi connectivity index (χ1) is 15.5. The Hall–Kier alpha value is -3.90. The van der Waals surface area contributed by atoms with E-state index in [4.69, 9.17) is 27.5 Å². The van der Waals surface area contributed by atoms with Crippen LogP contribution in [0.4, 0.5) is 0 Å². The first-order valence-corrected chi connectivity index (χ1v) is 10.4. The molecule has 0 spiro atoms. The summed E-state index contributed by atoms with van der Waals surface area (Å²) in [5.41, 5.74) is 10.1. The number of aliphatic imine (C=N–C) groups is 1. The van der Waals surface area contributed by atoms with Gasteiger partial charge in [0.25, 0.3) is 0 Å². The van der Waals surface area contributed by atoms with Gasteiger partial charge in [-0.15, -0.1) is 0 Å². The SMILES string of the molecule is CC(N)=NC(=[NH2+])/C(=C/c1ccc(Cl)cc1)c1ccc(OCc2cn3ccccc3n2)cc1. The number of amidine groups is 2. The van der Waals surface area contributed by atoms with E-state index in [1.165, 1.54) is 0 Å². The monoisotopic (exact) mass is 444 g/mol.